The summed E-state index contributed by atoms with van der Waals surface area (Å²) in [4.78, 5) is 15.3. The zero-order valence-corrected chi connectivity index (χ0v) is 14.7. The van der Waals surface area contributed by atoms with E-state index in [9.17, 15) is 4.79 Å². The van der Waals surface area contributed by atoms with Gasteiger partial charge in [0, 0.05) is 25.7 Å². The Morgan fingerprint density at radius 1 is 0.960 bits per heavy atom. The largest absolute Gasteiger partial charge is 0.353 e. The zero-order valence-electron chi connectivity index (χ0n) is 14.7. The molecule has 2 aromatic rings. The van der Waals surface area contributed by atoms with E-state index in [0.29, 0.717) is 6.04 Å². The molecule has 1 aliphatic carbocycles. The van der Waals surface area contributed by atoms with Gasteiger partial charge in [-0.15, -0.1) is 0 Å². The molecule has 1 saturated carbocycles. The molecule has 1 N–H and O–H groups in total. The summed E-state index contributed by atoms with van der Waals surface area (Å²) in [6.45, 7) is 3.12. The minimum Gasteiger partial charge on any atom is -0.353 e. The van der Waals surface area contributed by atoms with E-state index >= 15 is 0 Å². The third-order valence-corrected chi connectivity index (χ3v) is 5.68. The highest BCUT2D eigenvalue weighted by Gasteiger charge is 2.51. The SMILES string of the molecule is O=C(NC1CCN(Cc2ccccc2)CC1)C1(c2ccccc2)CC1. The normalized spacial score (nSPS) is 20.2. The number of amides is 1. The van der Waals surface area contributed by atoms with Crippen molar-refractivity contribution in [3.8, 4) is 0 Å². The van der Waals surface area contributed by atoms with Gasteiger partial charge >= 0.3 is 0 Å². The number of likely N-dealkylation sites (tertiary alicyclic amines) is 1. The van der Waals surface area contributed by atoms with Gasteiger partial charge in [0.2, 0.25) is 5.91 Å². The molecule has 3 heteroatoms. The summed E-state index contributed by atoms with van der Waals surface area (Å²) in [7, 11) is 0. The predicted molar refractivity (Wildman–Crippen MR) is 100 cm³/mol. The van der Waals surface area contributed by atoms with Crippen LogP contribution in [0.1, 0.15) is 36.8 Å². The lowest BCUT2D eigenvalue weighted by Gasteiger charge is -2.33. The number of piperidine rings is 1. The maximum Gasteiger partial charge on any atom is 0.230 e. The van der Waals surface area contributed by atoms with Crippen molar-refractivity contribution in [2.24, 2.45) is 0 Å². The van der Waals surface area contributed by atoms with Crippen molar-refractivity contribution in [1.82, 2.24) is 10.2 Å². The molecule has 4 rings (SSSR count). The summed E-state index contributed by atoms with van der Waals surface area (Å²) in [5.41, 5.74) is 2.29. The van der Waals surface area contributed by atoms with E-state index in [0.717, 1.165) is 45.3 Å². The first-order valence-electron chi connectivity index (χ1n) is 9.39. The molecular formula is C22H26N2O. The predicted octanol–water partition coefficient (Wildman–Crippen LogP) is 3.50. The van der Waals surface area contributed by atoms with Gasteiger partial charge in [0.05, 0.1) is 5.41 Å². The van der Waals surface area contributed by atoms with Crippen LogP contribution in [0.25, 0.3) is 0 Å². The van der Waals surface area contributed by atoms with Crippen LogP contribution in [-0.2, 0) is 16.8 Å². The standard InChI is InChI=1S/C22H26N2O/c25-21(22(13-14-22)19-9-5-2-6-10-19)23-20-11-15-24(16-12-20)17-18-7-3-1-4-8-18/h1-10,20H,11-17H2,(H,23,25). The maximum absolute atomic E-state index is 12.8. The Balaban J connectivity index is 1.30. The average Bonchev–Trinajstić information content (AvgIpc) is 3.47. The molecule has 130 valence electrons. The van der Waals surface area contributed by atoms with E-state index in [-0.39, 0.29) is 11.3 Å². The summed E-state index contributed by atoms with van der Waals surface area (Å²) < 4.78 is 0. The van der Waals surface area contributed by atoms with Crippen LogP contribution in [-0.4, -0.2) is 29.9 Å². The topological polar surface area (TPSA) is 32.3 Å². The van der Waals surface area contributed by atoms with Crippen LogP contribution in [0.2, 0.25) is 0 Å². The van der Waals surface area contributed by atoms with Crippen molar-refractivity contribution in [2.75, 3.05) is 13.1 Å². The van der Waals surface area contributed by atoms with Gasteiger partial charge < -0.3 is 5.32 Å². The minimum atomic E-state index is -0.248. The molecule has 25 heavy (non-hydrogen) atoms. The van der Waals surface area contributed by atoms with Crippen molar-refractivity contribution >= 4 is 5.91 Å². The van der Waals surface area contributed by atoms with Crippen LogP contribution in [0.5, 0.6) is 0 Å². The second-order valence-corrected chi connectivity index (χ2v) is 7.46. The molecule has 0 radical (unpaired) electrons. The number of hydrogen-bond acceptors (Lipinski definition) is 2. The van der Waals surface area contributed by atoms with E-state index in [1.165, 1.54) is 11.1 Å². The maximum atomic E-state index is 12.8. The number of hydrogen-bond donors (Lipinski definition) is 1. The molecule has 1 saturated heterocycles. The molecule has 2 aliphatic rings. The van der Waals surface area contributed by atoms with E-state index < -0.39 is 0 Å². The Bertz CT molecular complexity index is 701. The fourth-order valence-electron chi connectivity index (χ4n) is 3.93. The Hall–Kier alpha value is -2.13. The molecule has 1 heterocycles. The Morgan fingerprint density at radius 2 is 1.56 bits per heavy atom. The Kier molecular flexibility index (Phi) is 4.58. The van der Waals surface area contributed by atoms with E-state index in [4.69, 9.17) is 0 Å². The second-order valence-electron chi connectivity index (χ2n) is 7.46. The summed E-state index contributed by atoms with van der Waals surface area (Å²) in [5.74, 6) is 0.236. The first kappa shape index (κ1) is 16.3. The van der Waals surface area contributed by atoms with Crippen molar-refractivity contribution in [1.29, 1.82) is 0 Å². The van der Waals surface area contributed by atoms with Crippen LogP contribution < -0.4 is 5.32 Å². The fourth-order valence-corrected chi connectivity index (χ4v) is 3.93. The Labute approximate surface area is 150 Å². The monoisotopic (exact) mass is 334 g/mol. The van der Waals surface area contributed by atoms with Gasteiger partial charge in [-0.1, -0.05) is 60.7 Å². The smallest absolute Gasteiger partial charge is 0.230 e. The van der Waals surface area contributed by atoms with Crippen LogP contribution in [0.15, 0.2) is 60.7 Å². The van der Waals surface area contributed by atoms with Gasteiger partial charge in [-0.3, -0.25) is 9.69 Å². The minimum absolute atomic E-state index is 0.236. The summed E-state index contributed by atoms with van der Waals surface area (Å²) >= 11 is 0. The van der Waals surface area contributed by atoms with Crippen LogP contribution in [0.4, 0.5) is 0 Å². The van der Waals surface area contributed by atoms with Crippen molar-refractivity contribution < 1.29 is 4.79 Å². The number of benzene rings is 2. The second kappa shape index (κ2) is 7.01. The quantitative estimate of drug-likeness (QED) is 0.908. The molecule has 1 amide bonds. The van der Waals surface area contributed by atoms with Crippen LogP contribution >= 0.6 is 0 Å². The number of carbonyl (C=O) groups excluding carboxylic acids is 1. The van der Waals surface area contributed by atoms with Gasteiger partial charge in [0.1, 0.15) is 0 Å². The summed E-state index contributed by atoms with van der Waals surface area (Å²) in [6.07, 6.45) is 4.05. The molecule has 2 aromatic carbocycles. The molecule has 0 bridgehead atoms. The number of carbonyl (C=O) groups is 1. The highest BCUT2D eigenvalue weighted by atomic mass is 16.2. The summed E-state index contributed by atoms with van der Waals surface area (Å²) in [6, 6.07) is 21.2. The Morgan fingerprint density at radius 3 is 2.16 bits per heavy atom. The highest BCUT2D eigenvalue weighted by Crippen LogP contribution is 2.48. The van der Waals surface area contributed by atoms with E-state index in [2.05, 4.69) is 52.7 Å². The third-order valence-electron chi connectivity index (χ3n) is 5.68. The van der Waals surface area contributed by atoms with E-state index in [1.807, 2.05) is 18.2 Å². The lowest BCUT2D eigenvalue weighted by molar-refractivity contribution is -0.124. The molecule has 3 nitrogen and oxygen atoms in total. The molecule has 2 fully saturated rings. The summed E-state index contributed by atoms with van der Waals surface area (Å²) in [5, 5.41) is 3.34. The fraction of sp³-hybridized carbons (Fsp3) is 0.409. The number of nitrogens with one attached hydrogen (secondary N) is 1. The van der Waals surface area contributed by atoms with Gasteiger partial charge in [0.15, 0.2) is 0 Å². The van der Waals surface area contributed by atoms with Gasteiger partial charge in [-0.25, -0.2) is 0 Å². The number of nitrogens with zero attached hydrogens (tertiary/aromatic N) is 1. The number of rotatable bonds is 5. The highest BCUT2D eigenvalue weighted by molar-refractivity contribution is 5.91. The van der Waals surface area contributed by atoms with Crippen LogP contribution in [0, 0.1) is 0 Å². The molecule has 0 unspecified atom stereocenters. The van der Waals surface area contributed by atoms with Crippen molar-refractivity contribution in [2.45, 2.75) is 43.7 Å². The lowest BCUT2D eigenvalue weighted by atomic mass is 9.94. The van der Waals surface area contributed by atoms with Gasteiger partial charge in [-0.2, -0.15) is 0 Å². The van der Waals surface area contributed by atoms with Crippen LogP contribution in [0.3, 0.4) is 0 Å². The molecule has 0 atom stereocenters. The zero-order chi connectivity index (χ0) is 17.1. The first-order valence-corrected chi connectivity index (χ1v) is 9.39. The first-order chi connectivity index (χ1) is 12.3. The van der Waals surface area contributed by atoms with Crippen molar-refractivity contribution in [3.63, 3.8) is 0 Å². The lowest BCUT2D eigenvalue weighted by Crippen LogP contribution is -2.47. The van der Waals surface area contributed by atoms with Gasteiger partial charge in [-0.05, 0) is 36.8 Å². The molecule has 0 aromatic heterocycles. The van der Waals surface area contributed by atoms with Gasteiger partial charge in [0.25, 0.3) is 0 Å². The molecular weight excluding hydrogens is 308 g/mol. The third kappa shape index (κ3) is 3.62. The average molecular weight is 334 g/mol. The molecule has 0 spiro atoms. The van der Waals surface area contributed by atoms with E-state index in [1.54, 1.807) is 0 Å². The molecule has 1 aliphatic heterocycles. The van der Waals surface area contributed by atoms with Crippen molar-refractivity contribution in [3.05, 3.63) is 71.8 Å².